The van der Waals surface area contributed by atoms with Gasteiger partial charge in [0.1, 0.15) is 0 Å². The molecule has 21 heavy (non-hydrogen) atoms. The van der Waals surface area contributed by atoms with Crippen LogP contribution >= 0.6 is 22.6 Å². The van der Waals surface area contributed by atoms with Crippen LogP contribution in [0, 0.1) is 10.5 Å². The molecule has 0 aliphatic carbocycles. The Hall–Kier alpha value is -1.56. The van der Waals surface area contributed by atoms with Crippen molar-refractivity contribution in [2.24, 2.45) is 0 Å². The molecule has 0 bridgehead atoms. The fourth-order valence-corrected chi connectivity index (χ4v) is 2.58. The molecule has 0 heterocycles. The van der Waals surface area contributed by atoms with Crippen molar-refractivity contribution >= 4 is 39.9 Å². The van der Waals surface area contributed by atoms with Crippen LogP contribution in [-0.2, 0) is 0 Å². The minimum absolute atomic E-state index is 0.0814. The van der Waals surface area contributed by atoms with Crippen LogP contribution in [0.3, 0.4) is 0 Å². The number of anilines is 2. The fraction of sp³-hybridized carbons (Fsp3) is 0.235. The normalized spacial score (nSPS) is 10.2. The third-order valence-corrected chi connectivity index (χ3v) is 3.81. The molecule has 2 N–H and O–H groups in total. The molecule has 3 nitrogen and oxygen atoms in total. The molecule has 0 saturated carbocycles. The molecule has 0 aromatic heterocycles. The van der Waals surface area contributed by atoms with Crippen LogP contribution in [0.4, 0.5) is 11.4 Å². The number of benzene rings is 2. The first-order valence-electron chi connectivity index (χ1n) is 7.01. The van der Waals surface area contributed by atoms with Gasteiger partial charge in [0.2, 0.25) is 0 Å². The summed E-state index contributed by atoms with van der Waals surface area (Å²) < 4.78 is 1.10. The van der Waals surface area contributed by atoms with Gasteiger partial charge >= 0.3 is 0 Å². The smallest absolute Gasteiger partial charge is 0.255 e. The molecule has 1 amide bonds. The molecular weight excluding hydrogens is 375 g/mol. The van der Waals surface area contributed by atoms with E-state index in [4.69, 9.17) is 0 Å². The number of carbonyl (C=O) groups excluding carboxylic acids is 1. The summed E-state index contributed by atoms with van der Waals surface area (Å²) in [5.41, 5.74) is 3.66. The number of hydrogen-bond acceptors (Lipinski definition) is 2. The van der Waals surface area contributed by atoms with Gasteiger partial charge in [-0.05, 0) is 77.9 Å². The first-order chi connectivity index (χ1) is 10.1. The summed E-state index contributed by atoms with van der Waals surface area (Å²) in [5, 5.41) is 6.28. The minimum atomic E-state index is -0.0814. The Balaban J connectivity index is 2.11. The van der Waals surface area contributed by atoms with Crippen molar-refractivity contribution in [3.05, 3.63) is 57.2 Å². The molecule has 2 rings (SSSR count). The summed E-state index contributed by atoms with van der Waals surface area (Å²) in [7, 11) is 0. The lowest BCUT2D eigenvalue weighted by Crippen LogP contribution is -2.12. The molecule has 0 radical (unpaired) electrons. The van der Waals surface area contributed by atoms with Crippen LogP contribution in [0.2, 0.25) is 0 Å². The maximum absolute atomic E-state index is 12.3. The van der Waals surface area contributed by atoms with E-state index in [2.05, 4.69) is 40.1 Å². The molecule has 0 unspecified atom stereocenters. The Morgan fingerprint density at radius 3 is 2.67 bits per heavy atom. The highest BCUT2D eigenvalue weighted by Crippen LogP contribution is 2.18. The lowest BCUT2D eigenvalue weighted by atomic mass is 10.1. The third-order valence-electron chi connectivity index (χ3n) is 3.14. The second-order valence-corrected chi connectivity index (χ2v) is 6.17. The van der Waals surface area contributed by atoms with E-state index >= 15 is 0 Å². The third kappa shape index (κ3) is 4.46. The number of carbonyl (C=O) groups is 1. The molecule has 4 heteroatoms. The Bertz CT molecular complexity index is 640. The van der Waals surface area contributed by atoms with Crippen LogP contribution in [0.25, 0.3) is 0 Å². The molecule has 0 aliphatic heterocycles. The summed E-state index contributed by atoms with van der Waals surface area (Å²) in [6, 6.07) is 13.5. The Labute approximate surface area is 139 Å². The summed E-state index contributed by atoms with van der Waals surface area (Å²) in [6.07, 6.45) is 1.08. The lowest BCUT2D eigenvalue weighted by molar-refractivity contribution is 0.102. The summed E-state index contributed by atoms with van der Waals surface area (Å²) in [6.45, 7) is 5.08. The van der Waals surface area contributed by atoms with Gasteiger partial charge in [-0.25, -0.2) is 0 Å². The van der Waals surface area contributed by atoms with Gasteiger partial charge in [0, 0.05) is 27.1 Å². The first-order valence-corrected chi connectivity index (χ1v) is 8.09. The van der Waals surface area contributed by atoms with Crippen LogP contribution in [0.5, 0.6) is 0 Å². The Kier molecular flexibility index (Phi) is 5.61. The maximum atomic E-state index is 12.3. The lowest BCUT2D eigenvalue weighted by Gasteiger charge is -2.11. The zero-order valence-electron chi connectivity index (χ0n) is 12.2. The number of hydrogen-bond donors (Lipinski definition) is 2. The first kappa shape index (κ1) is 15.8. The van der Waals surface area contributed by atoms with E-state index in [1.165, 1.54) is 0 Å². The van der Waals surface area contributed by atoms with Crippen molar-refractivity contribution < 1.29 is 4.79 Å². The molecular formula is C17H19IN2O. The largest absolute Gasteiger partial charge is 0.385 e. The molecule has 2 aromatic rings. The highest BCUT2D eigenvalue weighted by Gasteiger charge is 2.08. The van der Waals surface area contributed by atoms with Crippen molar-refractivity contribution in [3.8, 4) is 0 Å². The fourth-order valence-electron chi connectivity index (χ4n) is 2.03. The second kappa shape index (κ2) is 7.45. The van der Waals surface area contributed by atoms with E-state index in [1.807, 2.05) is 49.4 Å². The number of nitrogens with one attached hydrogen (secondary N) is 2. The minimum Gasteiger partial charge on any atom is -0.385 e. The van der Waals surface area contributed by atoms with Crippen LogP contribution in [0.1, 0.15) is 29.3 Å². The second-order valence-electron chi connectivity index (χ2n) is 4.92. The van der Waals surface area contributed by atoms with E-state index < -0.39 is 0 Å². The average molecular weight is 394 g/mol. The van der Waals surface area contributed by atoms with Crippen molar-refractivity contribution in [3.63, 3.8) is 0 Å². The van der Waals surface area contributed by atoms with Crippen LogP contribution in [0.15, 0.2) is 42.5 Å². The number of amides is 1. The zero-order chi connectivity index (χ0) is 15.2. The summed E-state index contributed by atoms with van der Waals surface area (Å²) in [5.74, 6) is -0.0814. The van der Waals surface area contributed by atoms with Gasteiger partial charge in [-0.1, -0.05) is 13.0 Å². The monoisotopic (exact) mass is 394 g/mol. The summed E-state index contributed by atoms with van der Waals surface area (Å²) >= 11 is 2.23. The van der Waals surface area contributed by atoms with Gasteiger partial charge in [-0.15, -0.1) is 0 Å². The summed E-state index contributed by atoms with van der Waals surface area (Å²) in [4.78, 5) is 12.3. The van der Waals surface area contributed by atoms with E-state index in [1.54, 1.807) is 0 Å². The maximum Gasteiger partial charge on any atom is 0.255 e. The Morgan fingerprint density at radius 2 is 2.00 bits per heavy atom. The van der Waals surface area contributed by atoms with Crippen molar-refractivity contribution in [2.75, 3.05) is 17.2 Å². The standard InChI is InChI=1S/C17H19IN2O/c1-3-9-19-16-8-7-13(10-12(16)2)17(21)20-15-6-4-5-14(18)11-15/h4-8,10-11,19H,3,9H2,1-2H3,(H,20,21). The molecule has 110 valence electrons. The molecule has 0 atom stereocenters. The van der Waals surface area contributed by atoms with E-state index in [0.717, 1.165) is 33.5 Å². The van der Waals surface area contributed by atoms with Crippen LogP contribution in [-0.4, -0.2) is 12.5 Å². The highest BCUT2D eigenvalue weighted by molar-refractivity contribution is 14.1. The van der Waals surface area contributed by atoms with Crippen molar-refractivity contribution in [1.82, 2.24) is 0 Å². The number of rotatable bonds is 5. The Morgan fingerprint density at radius 1 is 1.19 bits per heavy atom. The van der Waals surface area contributed by atoms with E-state index in [0.29, 0.717) is 5.56 Å². The van der Waals surface area contributed by atoms with Gasteiger partial charge in [0.05, 0.1) is 0 Å². The predicted molar refractivity (Wildman–Crippen MR) is 97.1 cm³/mol. The quantitative estimate of drug-likeness (QED) is 0.724. The SMILES string of the molecule is CCCNc1ccc(C(=O)Nc2cccc(I)c2)cc1C. The molecule has 0 saturated heterocycles. The molecule has 2 aromatic carbocycles. The highest BCUT2D eigenvalue weighted by atomic mass is 127. The topological polar surface area (TPSA) is 41.1 Å². The van der Waals surface area contributed by atoms with Gasteiger partial charge in [0.25, 0.3) is 5.91 Å². The van der Waals surface area contributed by atoms with Gasteiger partial charge in [0.15, 0.2) is 0 Å². The van der Waals surface area contributed by atoms with Crippen LogP contribution < -0.4 is 10.6 Å². The van der Waals surface area contributed by atoms with E-state index in [9.17, 15) is 4.79 Å². The van der Waals surface area contributed by atoms with Crippen molar-refractivity contribution in [2.45, 2.75) is 20.3 Å². The average Bonchev–Trinajstić information content (AvgIpc) is 2.46. The number of aryl methyl sites for hydroxylation is 1. The van der Waals surface area contributed by atoms with Gasteiger partial charge in [-0.2, -0.15) is 0 Å². The van der Waals surface area contributed by atoms with Gasteiger partial charge in [-0.3, -0.25) is 4.79 Å². The molecule has 0 spiro atoms. The number of halogens is 1. The van der Waals surface area contributed by atoms with Crippen molar-refractivity contribution in [1.29, 1.82) is 0 Å². The van der Waals surface area contributed by atoms with Gasteiger partial charge < -0.3 is 10.6 Å². The van der Waals surface area contributed by atoms with E-state index in [-0.39, 0.29) is 5.91 Å². The predicted octanol–water partition coefficient (Wildman–Crippen LogP) is 4.67. The molecule has 0 fully saturated rings. The zero-order valence-corrected chi connectivity index (χ0v) is 14.4. The molecule has 0 aliphatic rings.